The van der Waals surface area contributed by atoms with E-state index in [1.807, 2.05) is 12.1 Å². The molecule has 2 aromatic carbocycles. The lowest BCUT2D eigenvalue weighted by Crippen LogP contribution is -2.44. The highest BCUT2D eigenvalue weighted by atomic mass is 16.5. The van der Waals surface area contributed by atoms with Gasteiger partial charge in [-0.05, 0) is 30.5 Å². The van der Waals surface area contributed by atoms with Crippen molar-refractivity contribution in [1.29, 1.82) is 0 Å². The van der Waals surface area contributed by atoms with E-state index in [9.17, 15) is 0 Å². The van der Waals surface area contributed by atoms with E-state index in [1.54, 1.807) is 0 Å². The van der Waals surface area contributed by atoms with Crippen LogP contribution in [0, 0.1) is 13.8 Å². The summed E-state index contributed by atoms with van der Waals surface area (Å²) in [6.07, 6.45) is 0.0998. The smallest absolute Gasteiger partial charge is 0.222 e. The van der Waals surface area contributed by atoms with Crippen LogP contribution in [0.2, 0.25) is 0 Å². The minimum absolute atomic E-state index is 0.0998. The van der Waals surface area contributed by atoms with Crippen molar-refractivity contribution in [2.24, 2.45) is 0 Å². The summed E-state index contributed by atoms with van der Waals surface area (Å²) >= 11 is 0. The first-order valence-corrected chi connectivity index (χ1v) is 10.4. The molecule has 156 valence electrons. The van der Waals surface area contributed by atoms with E-state index in [-0.39, 0.29) is 12.1 Å². The molecule has 1 aliphatic heterocycles. The van der Waals surface area contributed by atoms with Gasteiger partial charge in [0.1, 0.15) is 5.82 Å². The van der Waals surface area contributed by atoms with Crippen molar-refractivity contribution in [1.82, 2.24) is 14.9 Å². The number of rotatable bonds is 6. The molecule has 0 saturated carbocycles. The molecular weight excluding hydrogens is 374 g/mol. The van der Waals surface area contributed by atoms with Crippen molar-refractivity contribution in [2.45, 2.75) is 26.5 Å². The van der Waals surface area contributed by atoms with Crippen LogP contribution in [0.3, 0.4) is 0 Å². The second-order valence-corrected chi connectivity index (χ2v) is 7.84. The Morgan fingerprint density at radius 3 is 2.77 bits per heavy atom. The Morgan fingerprint density at radius 1 is 1.10 bits per heavy atom. The second-order valence-electron chi connectivity index (χ2n) is 7.84. The monoisotopic (exact) mass is 403 g/mol. The van der Waals surface area contributed by atoms with E-state index in [4.69, 9.17) is 10.5 Å². The van der Waals surface area contributed by atoms with Crippen molar-refractivity contribution in [2.75, 3.05) is 37.3 Å². The van der Waals surface area contributed by atoms with Gasteiger partial charge in [0.05, 0.1) is 18.4 Å². The average Bonchev–Trinajstić information content (AvgIpc) is 2.75. The summed E-state index contributed by atoms with van der Waals surface area (Å²) < 4.78 is 5.97. The lowest BCUT2D eigenvalue weighted by atomic mass is 10.0. The van der Waals surface area contributed by atoms with Gasteiger partial charge in [-0.1, -0.05) is 48.5 Å². The third-order valence-corrected chi connectivity index (χ3v) is 5.61. The summed E-state index contributed by atoms with van der Waals surface area (Å²) in [6.45, 7) is 8.39. The SMILES string of the molecule is Cc1cccc(-c2cc(NCC3CN(Cc4ccccc4)CCO3)nc(N)n2)c1C. The molecule has 6 heteroatoms. The average molecular weight is 404 g/mol. The van der Waals surface area contributed by atoms with Gasteiger partial charge in [0.2, 0.25) is 5.95 Å². The van der Waals surface area contributed by atoms with Crippen LogP contribution in [-0.4, -0.2) is 47.2 Å². The highest BCUT2D eigenvalue weighted by Gasteiger charge is 2.20. The third-order valence-electron chi connectivity index (χ3n) is 5.61. The molecule has 2 heterocycles. The lowest BCUT2D eigenvalue weighted by molar-refractivity contribution is -0.0240. The van der Waals surface area contributed by atoms with Gasteiger partial charge < -0.3 is 15.8 Å². The van der Waals surface area contributed by atoms with Crippen LogP contribution < -0.4 is 11.1 Å². The molecule has 1 aromatic heterocycles. The first kappa shape index (κ1) is 20.3. The number of hydrogen-bond donors (Lipinski definition) is 2. The largest absolute Gasteiger partial charge is 0.374 e. The van der Waals surface area contributed by atoms with Crippen LogP contribution >= 0.6 is 0 Å². The van der Waals surface area contributed by atoms with Gasteiger partial charge in [-0.2, -0.15) is 4.98 Å². The van der Waals surface area contributed by atoms with Crippen LogP contribution in [0.4, 0.5) is 11.8 Å². The van der Waals surface area contributed by atoms with Crippen molar-refractivity contribution >= 4 is 11.8 Å². The summed E-state index contributed by atoms with van der Waals surface area (Å²) in [5, 5.41) is 3.40. The molecule has 4 rings (SSSR count). The summed E-state index contributed by atoms with van der Waals surface area (Å²) in [6, 6.07) is 18.7. The summed E-state index contributed by atoms with van der Waals surface area (Å²) in [5.74, 6) is 0.994. The van der Waals surface area contributed by atoms with Gasteiger partial charge in [0.25, 0.3) is 0 Å². The number of aryl methyl sites for hydroxylation is 1. The summed E-state index contributed by atoms with van der Waals surface area (Å²) in [4.78, 5) is 11.2. The van der Waals surface area contributed by atoms with Crippen molar-refractivity contribution in [3.05, 3.63) is 71.3 Å². The van der Waals surface area contributed by atoms with Gasteiger partial charge in [-0.3, -0.25) is 4.90 Å². The second kappa shape index (κ2) is 9.24. The first-order valence-electron chi connectivity index (χ1n) is 10.4. The fourth-order valence-corrected chi connectivity index (χ4v) is 3.83. The van der Waals surface area contributed by atoms with E-state index in [2.05, 4.69) is 76.5 Å². The predicted molar refractivity (Wildman–Crippen MR) is 121 cm³/mol. The van der Waals surface area contributed by atoms with Gasteiger partial charge in [-0.15, -0.1) is 0 Å². The fraction of sp³-hybridized carbons (Fsp3) is 0.333. The van der Waals surface area contributed by atoms with E-state index >= 15 is 0 Å². The number of benzene rings is 2. The van der Waals surface area contributed by atoms with Crippen molar-refractivity contribution in [3.63, 3.8) is 0 Å². The van der Waals surface area contributed by atoms with Gasteiger partial charge >= 0.3 is 0 Å². The zero-order valence-corrected chi connectivity index (χ0v) is 17.6. The Balaban J connectivity index is 1.41. The normalized spacial score (nSPS) is 17.1. The Kier molecular flexibility index (Phi) is 6.26. The van der Waals surface area contributed by atoms with Crippen LogP contribution in [-0.2, 0) is 11.3 Å². The predicted octanol–water partition coefficient (Wildman–Crippen LogP) is 3.66. The number of nitrogens with zero attached hydrogens (tertiary/aromatic N) is 3. The van der Waals surface area contributed by atoms with Crippen LogP contribution in [0.5, 0.6) is 0 Å². The molecule has 0 amide bonds. The van der Waals surface area contributed by atoms with Crippen LogP contribution in [0.25, 0.3) is 11.3 Å². The molecule has 0 radical (unpaired) electrons. The summed E-state index contributed by atoms with van der Waals surface area (Å²) in [7, 11) is 0. The number of ether oxygens (including phenoxy) is 1. The Bertz CT molecular complexity index is 992. The summed E-state index contributed by atoms with van der Waals surface area (Å²) in [5.41, 5.74) is 11.7. The molecular formula is C24H29N5O. The Hall–Kier alpha value is -2.96. The maximum Gasteiger partial charge on any atom is 0.222 e. The third kappa shape index (κ3) is 4.96. The molecule has 1 fully saturated rings. The van der Waals surface area contributed by atoms with Gasteiger partial charge in [-0.25, -0.2) is 4.98 Å². The zero-order valence-electron chi connectivity index (χ0n) is 17.6. The molecule has 1 unspecified atom stereocenters. The number of hydrogen-bond acceptors (Lipinski definition) is 6. The maximum atomic E-state index is 6.00. The number of nitrogens with two attached hydrogens (primary N) is 1. The molecule has 0 aliphatic carbocycles. The minimum Gasteiger partial charge on any atom is -0.374 e. The number of nitrogens with one attached hydrogen (secondary N) is 1. The first-order chi connectivity index (χ1) is 14.6. The van der Waals surface area contributed by atoms with Crippen LogP contribution in [0.15, 0.2) is 54.6 Å². The maximum absolute atomic E-state index is 6.00. The molecule has 30 heavy (non-hydrogen) atoms. The minimum atomic E-state index is 0.0998. The highest BCUT2D eigenvalue weighted by Crippen LogP contribution is 2.26. The topological polar surface area (TPSA) is 76.3 Å². The molecule has 0 bridgehead atoms. The number of nitrogen functional groups attached to an aromatic ring is 1. The molecule has 1 aliphatic rings. The standard InChI is InChI=1S/C24H29N5O/c1-17-7-6-10-21(18(17)2)22-13-23(28-24(25)27-22)26-14-20-16-29(11-12-30-20)15-19-8-4-3-5-9-19/h3-10,13,20H,11-12,14-16H2,1-2H3,(H3,25,26,27,28). The lowest BCUT2D eigenvalue weighted by Gasteiger charge is -2.33. The van der Waals surface area contributed by atoms with E-state index in [0.29, 0.717) is 6.54 Å². The van der Waals surface area contributed by atoms with Crippen molar-refractivity contribution in [3.8, 4) is 11.3 Å². The quantitative estimate of drug-likeness (QED) is 0.654. The Morgan fingerprint density at radius 2 is 1.93 bits per heavy atom. The van der Waals surface area contributed by atoms with E-state index in [0.717, 1.165) is 43.3 Å². The number of morpholine rings is 1. The zero-order chi connectivity index (χ0) is 20.9. The van der Waals surface area contributed by atoms with E-state index in [1.165, 1.54) is 16.7 Å². The van der Waals surface area contributed by atoms with Gasteiger partial charge in [0.15, 0.2) is 0 Å². The molecule has 6 nitrogen and oxygen atoms in total. The molecule has 1 atom stereocenters. The number of aromatic nitrogens is 2. The molecule has 0 spiro atoms. The highest BCUT2D eigenvalue weighted by molar-refractivity contribution is 5.68. The Labute approximate surface area is 178 Å². The van der Waals surface area contributed by atoms with Crippen LogP contribution in [0.1, 0.15) is 16.7 Å². The molecule has 3 aromatic rings. The molecule has 1 saturated heterocycles. The van der Waals surface area contributed by atoms with Gasteiger partial charge in [0, 0.05) is 37.8 Å². The van der Waals surface area contributed by atoms with E-state index < -0.39 is 0 Å². The number of anilines is 2. The van der Waals surface area contributed by atoms with Crippen molar-refractivity contribution < 1.29 is 4.74 Å². The molecule has 3 N–H and O–H groups in total. The fourth-order valence-electron chi connectivity index (χ4n) is 3.83.